The lowest BCUT2D eigenvalue weighted by molar-refractivity contribution is -0.122. The van der Waals surface area contributed by atoms with Crippen LogP contribution in [-0.4, -0.2) is 42.2 Å². The fourth-order valence-corrected chi connectivity index (χ4v) is 3.85. The fraction of sp³-hybridized carbons (Fsp3) is 0.227. The summed E-state index contributed by atoms with van der Waals surface area (Å²) >= 11 is 1.32. The molecule has 3 rings (SSSR count). The number of nitrogens with zero attached hydrogens (tertiary/aromatic N) is 2. The van der Waals surface area contributed by atoms with Crippen molar-refractivity contribution in [1.29, 1.82) is 0 Å². The van der Waals surface area contributed by atoms with Gasteiger partial charge in [0.15, 0.2) is 5.17 Å². The number of hydrogen-bond donors (Lipinski definition) is 0. The quantitative estimate of drug-likeness (QED) is 0.518. The van der Waals surface area contributed by atoms with Crippen molar-refractivity contribution in [1.82, 2.24) is 4.90 Å². The second-order valence-electron chi connectivity index (χ2n) is 6.06. The number of likely N-dealkylation sites (N-methyl/N-ethyl adjacent to an activating group) is 1. The van der Waals surface area contributed by atoms with E-state index in [1.54, 1.807) is 29.2 Å². The second kappa shape index (κ2) is 9.43. The summed E-state index contributed by atoms with van der Waals surface area (Å²) in [5.41, 5.74) is 1.96. The average molecular weight is 410 g/mol. The number of thioether (sulfide) groups is 1. The lowest BCUT2D eigenvalue weighted by Crippen LogP contribution is -2.28. The average Bonchev–Trinajstić information content (AvgIpc) is 3.03. The number of ether oxygens (including phenoxy) is 2. The van der Waals surface area contributed by atoms with Gasteiger partial charge in [0.1, 0.15) is 5.75 Å². The van der Waals surface area contributed by atoms with Gasteiger partial charge in [-0.25, -0.2) is 9.79 Å². The zero-order chi connectivity index (χ0) is 20.8. The number of rotatable bonds is 6. The molecule has 1 heterocycles. The van der Waals surface area contributed by atoms with Crippen molar-refractivity contribution < 1.29 is 19.1 Å². The number of methoxy groups -OCH3 is 1. The van der Waals surface area contributed by atoms with Crippen LogP contribution < -0.4 is 4.74 Å². The maximum atomic E-state index is 12.8. The van der Waals surface area contributed by atoms with Crippen LogP contribution in [0.15, 0.2) is 58.4 Å². The van der Waals surface area contributed by atoms with Crippen molar-refractivity contribution >= 4 is 40.6 Å². The Labute approximate surface area is 174 Å². The van der Waals surface area contributed by atoms with Crippen molar-refractivity contribution in [3.63, 3.8) is 0 Å². The molecule has 0 bridgehead atoms. The van der Waals surface area contributed by atoms with Gasteiger partial charge in [-0.3, -0.25) is 9.69 Å². The Balaban J connectivity index is 1.89. The molecule has 0 radical (unpaired) electrons. The van der Waals surface area contributed by atoms with Gasteiger partial charge in [-0.05, 0) is 62.0 Å². The number of para-hydroxylation sites is 1. The summed E-state index contributed by atoms with van der Waals surface area (Å²) in [5.74, 6) is 0.249. The van der Waals surface area contributed by atoms with Gasteiger partial charge >= 0.3 is 5.97 Å². The largest absolute Gasteiger partial charge is 0.493 e. The predicted octanol–water partition coefficient (Wildman–Crippen LogP) is 4.50. The van der Waals surface area contributed by atoms with E-state index in [2.05, 4.69) is 4.99 Å². The smallest absolute Gasteiger partial charge is 0.337 e. The number of esters is 1. The topological polar surface area (TPSA) is 68.2 Å². The third kappa shape index (κ3) is 4.68. The predicted molar refractivity (Wildman–Crippen MR) is 115 cm³/mol. The summed E-state index contributed by atoms with van der Waals surface area (Å²) in [7, 11) is 1.34. The number of carbonyl (C=O) groups excluding carboxylic acids is 2. The van der Waals surface area contributed by atoms with Gasteiger partial charge in [-0.2, -0.15) is 0 Å². The van der Waals surface area contributed by atoms with E-state index in [1.807, 2.05) is 44.2 Å². The van der Waals surface area contributed by atoms with Crippen LogP contribution in [0, 0.1) is 0 Å². The number of hydrogen-bond acceptors (Lipinski definition) is 6. The van der Waals surface area contributed by atoms with Crippen molar-refractivity contribution in [3.05, 3.63) is 64.6 Å². The molecule has 0 aliphatic carbocycles. The van der Waals surface area contributed by atoms with Gasteiger partial charge in [0.05, 0.1) is 29.9 Å². The summed E-state index contributed by atoms with van der Waals surface area (Å²) in [5, 5.41) is 0.600. The first-order valence-electron chi connectivity index (χ1n) is 9.27. The molecule has 6 nitrogen and oxygen atoms in total. The molecule has 0 spiro atoms. The molecule has 1 aliphatic rings. The molecule has 2 aromatic carbocycles. The number of amides is 1. The van der Waals surface area contributed by atoms with Crippen LogP contribution in [0.4, 0.5) is 5.69 Å². The number of aliphatic imine (C=N–C) groups is 1. The number of benzene rings is 2. The van der Waals surface area contributed by atoms with E-state index < -0.39 is 5.97 Å². The van der Waals surface area contributed by atoms with Gasteiger partial charge in [-0.15, -0.1) is 0 Å². The van der Waals surface area contributed by atoms with E-state index in [0.29, 0.717) is 34.5 Å². The van der Waals surface area contributed by atoms with Crippen molar-refractivity contribution in [2.75, 3.05) is 20.3 Å². The molecule has 0 unspecified atom stereocenters. The van der Waals surface area contributed by atoms with E-state index in [9.17, 15) is 9.59 Å². The van der Waals surface area contributed by atoms with Crippen LogP contribution in [-0.2, 0) is 9.53 Å². The summed E-state index contributed by atoms with van der Waals surface area (Å²) in [6.45, 7) is 4.89. The maximum Gasteiger partial charge on any atom is 0.337 e. The van der Waals surface area contributed by atoms with E-state index in [0.717, 1.165) is 11.3 Å². The SMILES string of the molecule is CCOc1ccccc1/C=C1/SC(=Nc2ccc(C(=O)OC)cc2)N(CC)C1=O. The zero-order valence-corrected chi connectivity index (χ0v) is 17.4. The molecule has 7 heteroatoms. The monoisotopic (exact) mass is 410 g/mol. The third-order valence-corrected chi connectivity index (χ3v) is 5.23. The fourth-order valence-electron chi connectivity index (χ4n) is 2.80. The van der Waals surface area contributed by atoms with Gasteiger partial charge in [-0.1, -0.05) is 18.2 Å². The maximum absolute atomic E-state index is 12.8. The van der Waals surface area contributed by atoms with Crippen molar-refractivity contribution in [2.45, 2.75) is 13.8 Å². The van der Waals surface area contributed by atoms with Crippen LogP contribution >= 0.6 is 11.8 Å². The highest BCUT2D eigenvalue weighted by Crippen LogP contribution is 2.35. The highest BCUT2D eigenvalue weighted by molar-refractivity contribution is 8.18. The molecule has 1 aliphatic heterocycles. The molecule has 2 aromatic rings. The summed E-state index contributed by atoms with van der Waals surface area (Å²) in [4.78, 5) is 31.2. The van der Waals surface area contributed by atoms with E-state index in [4.69, 9.17) is 9.47 Å². The van der Waals surface area contributed by atoms with Crippen LogP contribution in [0.2, 0.25) is 0 Å². The van der Waals surface area contributed by atoms with Gasteiger partial charge in [0, 0.05) is 12.1 Å². The Kier molecular flexibility index (Phi) is 6.72. The lowest BCUT2D eigenvalue weighted by Gasteiger charge is -2.12. The molecule has 0 N–H and O–H groups in total. The molecule has 1 fully saturated rings. The summed E-state index contributed by atoms with van der Waals surface area (Å²) < 4.78 is 10.4. The summed E-state index contributed by atoms with van der Waals surface area (Å²) in [6, 6.07) is 14.4. The van der Waals surface area contributed by atoms with Crippen LogP contribution in [0.3, 0.4) is 0 Å². The first-order chi connectivity index (χ1) is 14.1. The Morgan fingerprint density at radius 2 is 1.86 bits per heavy atom. The molecule has 29 heavy (non-hydrogen) atoms. The van der Waals surface area contributed by atoms with Gasteiger partial charge in [0.25, 0.3) is 5.91 Å². The summed E-state index contributed by atoms with van der Waals surface area (Å²) in [6.07, 6.45) is 1.84. The van der Waals surface area contributed by atoms with E-state index in [-0.39, 0.29) is 5.91 Å². The van der Waals surface area contributed by atoms with E-state index in [1.165, 1.54) is 18.9 Å². The van der Waals surface area contributed by atoms with Gasteiger partial charge < -0.3 is 9.47 Å². The molecule has 1 saturated heterocycles. The van der Waals surface area contributed by atoms with E-state index >= 15 is 0 Å². The minimum atomic E-state index is -0.400. The first kappa shape index (κ1) is 20.7. The Hall–Kier alpha value is -3.06. The number of amidine groups is 1. The Morgan fingerprint density at radius 1 is 1.14 bits per heavy atom. The minimum absolute atomic E-state index is 0.0891. The van der Waals surface area contributed by atoms with Crippen LogP contribution in [0.1, 0.15) is 29.8 Å². The molecule has 0 aromatic heterocycles. The molecule has 150 valence electrons. The van der Waals surface area contributed by atoms with Crippen LogP contribution in [0.25, 0.3) is 6.08 Å². The standard InChI is InChI=1S/C22H22N2O4S/c1-4-24-20(25)19(14-16-8-6-7-9-18(16)28-5-2)29-22(24)23-17-12-10-15(11-13-17)21(26)27-3/h6-14H,4-5H2,1-3H3/b19-14+,23-22?. The molecular weight excluding hydrogens is 388 g/mol. The number of carbonyl (C=O) groups is 2. The Bertz CT molecular complexity index is 967. The Morgan fingerprint density at radius 3 is 2.52 bits per heavy atom. The second-order valence-corrected chi connectivity index (χ2v) is 7.07. The van der Waals surface area contributed by atoms with Gasteiger partial charge in [0.2, 0.25) is 0 Å². The van der Waals surface area contributed by atoms with Crippen molar-refractivity contribution in [3.8, 4) is 5.75 Å². The minimum Gasteiger partial charge on any atom is -0.493 e. The normalized spacial score (nSPS) is 16.5. The molecule has 1 amide bonds. The third-order valence-electron chi connectivity index (χ3n) is 4.22. The van der Waals surface area contributed by atoms with Crippen LogP contribution in [0.5, 0.6) is 5.75 Å². The lowest BCUT2D eigenvalue weighted by atomic mass is 10.2. The highest BCUT2D eigenvalue weighted by Gasteiger charge is 2.32. The van der Waals surface area contributed by atoms with Crippen molar-refractivity contribution in [2.24, 2.45) is 4.99 Å². The highest BCUT2D eigenvalue weighted by atomic mass is 32.2. The molecular formula is C22H22N2O4S. The first-order valence-corrected chi connectivity index (χ1v) is 10.1. The zero-order valence-electron chi connectivity index (χ0n) is 16.5. The molecule has 0 atom stereocenters. The molecule has 0 saturated carbocycles.